The van der Waals surface area contributed by atoms with Crippen molar-refractivity contribution in [3.8, 4) is 0 Å². The van der Waals surface area contributed by atoms with Crippen molar-refractivity contribution in [1.29, 1.82) is 0 Å². The van der Waals surface area contributed by atoms with Crippen LogP contribution in [0.4, 0.5) is 0 Å². The Morgan fingerprint density at radius 2 is 2.15 bits per heavy atom. The Hall–Kier alpha value is -2.00. The molecule has 0 spiro atoms. The predicted molar refractivity (Wildman–Crippen MR) is 43.2 cm³/mol. The minimum Gasteiger partial charge on any atom is -0.389 e. The second kappa shape index (κ2) is 5.62. The highest BCUT2D eigenvalue weighted by molar-refractivity contribution is 6.05. The van der Waals surface area contributed by atoms with Crippen molar-refractivity contribution in [1.82, 2.24) is 0 Å². The largest absolute Gasteiger partial charge is 0.389 e. The third-order valence-electron chi connectivity index (χ3n) is 0.997. The van der Waals surface area contributed by atoms with Crippen LogP contribution in [0.25, 0.3) is 0 Å². The SMILES string of the molecule is C=C1CC(=O)OC1=O.C=CN=C=O. The first-order chi connectivity index (χ1) is 6.11. The van der Waals surface area contributed by atoms with E-state index < -0.39 is 11.9 Å². The van der Waals surface area contributed by atoms with Crippen molar-refractivity contribution in [2.24, 2.45) is 4.99 Å². The van der Waals surface area contributed by atoms with E-state index in [1.54, 1.807) is 0 Å². The molecule has 0 aromatic rings. The number of carbonyl (C=O) groups is 2. The molecule has 0 aromatic carbocycles. The van der Waals surface area contributed by atoms with Crippen molar-refractivity contribution < 1.29 is 19.1 Å². The van der Waals surface area contributed by atoms with Crippen LogP contribution in [0.3, 0.4) is 0 Å². The third-order valence-corrected chi connectivity index (χ3v) is 0.997. The molecule has 1 aliphatic heterocycles. The van der Waals surface area contributed by atoms with Crippen molar-refractivity contribution >= 4 is 18.0 Å². The summed E-state index contributed by atoms with van der Waals surface area (Å²) in [5, 5.41) is 0. The Morgan fingerprint density at radius 3 is 2.23 bits per heavy atom. The summed E-state index contributed by atoms with van der Waals surface area (Å²) in [6, 6.07) is 0. The van der Waals surface area contributed by atoms with Gasteiger partial charge in [-0.15, -0.1) is 0 Å². The number of aliphatic imine (C=N–C) groups is 1. The Balaban J connectivity index is 0.000000252. The summed E-state index contributed by atoms with van der Waals surface area (Å²) in [6.45, 7) is 6.41. The van der Waals surface area contributed by atoms with E-state index in [0.717, 1.165) is 6.20 Å². The van der Waals surface area contributed by atoms with E-state index in [9.17, 15) is 9.59 Å². The van der Waals surface area contributed by atoms with E-state index in [-0.39, 0.29) is 12.0 Å². The van der Waals surface area contributed by atoms with Gasteiger partial charge in [-0.05, 0) is 0 Å². The first-order valence-corrected chi connectivity index (χ1v) is 3.22. The number of rotatable bonds is 1. The van der Waals surface area contributed by atoms with Crippen molar-refractivity contribution in [2.75, 3.05) is 0 Å². The number of nitrogens with zero attached hydrogens (tertiary/aromatic N) is 1. The molecule has 0 amide bonds. The van der Waals surface area contributed by atoms with Crippen molar-refractivity contribution in [3.63, 3.8) is 0 Å². The first kappa shape index (κ1) is 11.0. The van der Waals surface area contributed by atoms with E-state index in [1.165, 1.54) is 6.08 Å². The monoisotopic (exact) mass is 181 g/mol. The van der Waals surface area contributed by atoms with Gasteiger partial charge in [-0.3, -0.25) is 4.79 Å². The topological polar surface area (TPSA) is 72.8 Å². The van der Waals surface area contributed by atoms with E-state index in [1.807, 2.05) is 0 Å². The number of hydrogen-bond acceptors (Lipinski definition) is 5. The van der Waals surface area contributed by atoms with Gasteiger partial charge in [-0.2, -0.15) is 4.99 Å². The maximum absolute atomic E-state index is 10.2. The van der Waals surface area contributed by atoms with Gasteiger partial charge < -0.3 is 4.74 Å². The molecule has 68 valence electrons. The first-order valence-electron chi connectivity index (χ1n) is 3.22. The molecule has 13 heavy (non-hydrogen) atoms. The van der Waals surface area contributed by atoms with E-state index >= 15 is 0 Å². The Morgan fingerprint density at radius 1 is 1.54 bits per heavy atom. The fourth-order valence-electron chi connectivity index (χ4n) is 0.495. The number of isocyanates is 1. The average Bonchev–Trinajstić information content (AvgIpc) is 2.32. The Labute approximate surface area is 74.4 Å². The normalized spacial score (nSPS) is 13.7. The fourth-order valence-corrected chi connectivity index (χ4v) is 0.495. The zero-order valence-electron chi connectivity index (χ0n) is 6.78. The molecule has 1 aliphatic rings. The summed E-state index contributed by atoms with van der Waals surface area (Å²) in [6.07, 6.45) is 2.46. The number of carbonyl (C=O) groups excluding carboxylic acids is 3. The summed E-state index contributed by atoms with van der Waals surface area (Å²) in [5.74, 6) is -1.09. The Bertz CT molecular complexity index is 281. The number of hydrogen-bond donors (Lipinski definition) is 0. The number of esters is 2. The molecule has 1 fully saturated rings. The molecule has 0 atom stereocenters. The number of cyclic esters (lactones) is 2. The van der Waals surface area contributed by atoms with Crippen LogP contribution in [0.1, 0.15) is 6.42 Å². The highest BCUT2D eigenvalue weighted by atomic mass is 16.6. The molecule has 0 saturated carbocycles. The van der Waals surface area contributed by atoms with E-state index in [0.29, 0.717) is 0 Å². The van der Waals surface area contributed by atoms with Crippen LogP contribution in [-0.4, -0.2) is 18.0 Å². The lowest BCUT2D eigenvalue weighted by molar-refractivity contribution is -0.151. The van der Waals surface area contributed by atoms with Gasteiger partial charge in [-0.25, -0.2) is 9.59 Å². The molecule has 0 aromatic heterocycles. The molecule has 0 unspecified atom stereocenters. The van der Waals surface area contributed by atoms with Gasteiger partial charge in [-0.1, -0.05) is 13.2 Å². The van der Waals surface area contributed by atoms with Crippen LogP contribution < -0.4 is 0 Å². The highest BCUT2D eigenvalue weighted by Crippen LogP contribution is 2.10. The summed E-state index contributed by atoms with van der Waals surface area (Å²) < 4.78 is 4.10. The predicted octanol–water partition coefficient (Wildman–Crippen LogP) is 0.482. The van der Waals surface area contributed by atoms with Crippen LogP contribution in [-0.2, 0) is 19.1 Å². The lowest BCUT2D eigenvalue weighted by atomic mass is 10.3. The maximum Gasteiger partial charge on any atom is 0.341 e. The smallest absolute Gasteiger partial charge is 0.341 e. The van der Waals surface area contributed by atoms with Gasteiger partial charge in [0.2, 0.25) is 6.08 Å². The lowest BCUT2D eigenvalue weighted by Gasteiger charge is -1.80. The van der Waals surface area contributed by atoms with Crippen LogP contribution in [0.15, 0.2) is 29.9 Å². The molecule has 5 nitrogen and oxygen atoms in total. The van der Waals surface area contributed by atoms with Crippen LogP contribution in [0.5, 0.6) is 0 Å². The standard InChI is InChI=1S/C5H4O3.C3H3NO/c1-3-2-4(6)8-5(3)7;1-2-4-3-5/h1-2H2;2H,1H2. The molecular weight excluding hydrogens is 174 g/mol. The zero-order chi connectivity index (χ0) is 10.3. The van der Waals surface area contributed by atoms with Crippen LogP contribution >= 0.6 is 0 Å². The highest BCUT2D eigenvalue weighted by Gasteiger charge is 2.24. The zero-order valence-corrected chi connectivity index (χ0v) is 6.78. The van der Waals surface area contributed by atoms with Crippen LogP contribution in [0.2, 0.25) is 0 Å². The summed E-state index contributed by atoms with van der Waals surface area (Å²) in [5.41, 5.74) is 0.245. The van der Waals surface area contributed by atoms with Gasteiger partial charge in [0, 0.05) is 11.8 Å². The quantitative estimate of drug-likeness (QED) is 0.194. The Kier molecular flexibility index (Phi) is 4.76. The molecular formula is C8H7NO4. The maximum atomic E-state index is 10.2. The summed E-state index contributed by atoms with van der Waals surface area (Å²) in [4.78, 5) is 32.4. The molecule has 0 radical (unpaired) electrons. The molecule has 5 heteroatoms. The number of ether oxygens (including phenoxy) is 1. The fraction of sp³-hybridized carbons (Fsp3) is 0.125. The molecule has 1 heterocycles. The molecule has 1 saturated heterocycles. The third kappa shape index (κ3) is 4.44. The minimum absolute atomic E-state index is 0.0544. The molecule has 0 N–H and O–H groups in total. The average molecular weight is 181 g/mol. The second-order valence-electron chi connectivity index (χ2n) is 1.94. The minimum atomic E-state index is -0.588. The van der Waals surface area contributed by atoms with Crippen LogP contribution in [0, 0.1) is 0 Å². The van der Waals surface area contributed by atoms with Gasteiger partial charge in [0.15, 0.2) is 0 Å². The molecule has 0 aliphatic carbocycles. The van der Waals surface area contributed by atoms with Gasteiger partial charge >= 0.3 is 11.9 Å². The van der Waals surface area contributed by atoms with Crippen molar-refractivity contribution in [2.45, 2.75) is 6.42 Å². The van der Waals surface area contributed by atoms with Gasteiger partial charge in [0.25, 0.3) is 0 Å². The lowest BCUT2D eigenvalue weighted by Crippen LogP contribution is -1.95. The van der Waals surface area contributed by atoms with Gasteiger partial charge in [0.05, 0.1) is 6.42 Å². The second-order valence-corrected chi connectivity index (χ2v) is 1.94. The molecule has 1 rings (SSSR count). The summed E-state index contributed by atoms with van der Waals surface area (Å²) >= 11 is 0. The van der Waals surface area contributed by atoms with Crippen molar-refractivity contribution in [3.05, 3.63) is 24.9 Å². The summed E-state index contributed by atoms with van der Waals surface area (Å²) in [7, 11) is 0. The van der Waals surface area contributed by atoms with E-state index in [2.05, 4.69) is 22.9 Å². The van der Waals surface area contributed by atoms with Gasteiger partial charge in [0.1, 0.15) is 0 Å². The molecule has 0 bridgehead atoms. The van der Waals surface area contributed by atoms with E-state index in [4.69, 9.17) is 4.79 Å².